The van der Waals surface area contributed by atoms with Crippen molar-refractivity contribution in [3.63, 3.8) is 0 Å². The number of hydrogen-bond donors (Lipinski definition) is 1. The maximum Gasteiger partial charge on any atom is 0.271 e. The number of rotatable bonds is 6. The summed E-state index contributed by atoms with van der Waals surface area (Å²) in [4.78, 5) is 10.3. The van der Waals surface area contributed by atoms with Crippen molar-refractivity contribution in [2.24, 2.45) is 0 Å². The smallest absolute Gasteiger partial charge is 0.271 e. The molecule has 1 rings (SSSR count). The fraction of sp³-hybridized carbons (Fsp3) is 0.429. The minimum Gasteiger partial charge on any atom is -0.487 e. The molecule has 0 aliphatic carbocycles. The highest BCUT2D eigenvalue weighted by molar-refractivity contribution is 9.11. The molecule has 0 heterocycles. The third-order valence-corrected chi connectivity index (χ3v) is 3.66. The molecule has 7 heteroatoms. The SMILES string of the molecule is C=C(CNC(C)(C)C)COc1c(Br)cc([N+](=O)[O-])cc1Br. The van der Waals surface area contributed by atoms with Crippen LogP contribution < -0.4 is 10.1 Å². The minimum atomic E-state index is -0.453. The zero-order chi connectivity index (χ0) is 16.2. The molecule has 0 aliphatic rings. The lowest BCUT2D eigenvalue weighted by Gasteiger charge is -2.21. The summed E-state index contributed by atoms with van der Waals surface area (Å²) >= 11 is 6.56. The number of hydrogen-bond acceptors (Lipinski definition) is 4. The molecule has 116 valence electrons. The number of nitrogens with one attached hydrogen (secondary N) is 1. The quantitative estimate of drug-likeness (QED) is 0.418. The molecule has 0 radical (unpaired) electrons. The number of benzene rings is 1. The molecule has 1 aromatic carbocycles. The van der Waals surface area contributed by atoms with Gasteiger partial charge in [0, 0.05) is 24.2 Å². The highest BCUT2D eigenvalue weighted by Crippen LogP contribution is 2.37. The molecule has 0 saturated carbocycles. The van der Waals surface area contributed by atoms with Gasteiger partial charge in [-0.2, -0.15) is 0 Å². The second-order valence-corrected chi connectivity index (χ2v) is 7.35. The van der Waals surface area contributed by atoms with Gasteiger partial charge in [-0.25, -0.2) is 0 Å². The molecule has 0 spiro atoms. The van der Waals surface area contributed by atoms with E-state index < -0.39 is 4.92 Å². The molecule has 0 bridgehead atoms. The molecule has 0 atom stereocenters. The second kappa shape index (κ2) is 7.38. The Labute approximate surface area is 141 Å². The molecule has 0 aliphatic heterocycles. The Morgan fingerprint density at radius 2 is 1.90 bits per heavy atom. The lowest BCUT2D eigenvalue weighted by molar-refractivity contribution is -0.385. The van der Waals surface area contributed by atoms with Crippen LogP contribution in [0.4, 0.5) is 5.69 Å². The molecule has 1 N–H and O–H groups in total. The van der Waals surface area contributed by atoms with E-state index in [2.05, 4.69) is 64.5 Å². The van der Waals surface area contributed by atoms with Crippen LogP contribution in [0.25, 0.3) is 0 Å². The van der Waals surface area contributed by atoms with Crippen LogP contribution in [-0.4, -0.2) is 23.6 Å². The second-order valence-electron chi connectivity index (χ2n) is 5.64. The average Bonchev–Trinajstić information content (AvgIpc) is 2.34. The van der Waals surface area contributed by atoms with Crippen molar-refractivity contribution in [1.29, 1.82) is 0 Å². The number of halogens is 2. The Kier molecular flexibility index (Phi) is 6.37. The van der Waals surface area contributed by atoms with E-state index in [1.165, 1.54) is 12.1 Å². The highest BCUT2D eigenvalue weighted by Gasteiger charge is 2.15. The number of nitro groups is 1. The Bertz CT molecular complexity index is 531. The summed E-state index contributed by atoms with van der Waals surface area (Å²) in [5, 5.41) is 14.1. The Hall–Kier alpha value is -0.920. The zero-order valence-corrected chi connectivity index (χ0v) is 15.4. The molecular weight excluding hydrogens is 404 g/mol. The number of nitrogens with zero attached hydrogens (tertiary/aromatic N) is 1. The fourth-order valence-electron chi connectivity index (χ4n) is 1.41. The van der Waals surface area contributed by atoms with Crippen LogP contribution in [0.15, 0.2) is 33.2 Å². The van der Waals surface area contributed by atoms with Gasteiger partial charge in [-0.05, 0) is 58.2 Å². The van der Waals surface area contributed by atoms with Crippen LogP contribution in [0.5, 0.6) is 5.75 Å². The minimum absolute atomic E-state index is 0.00525. The predicted molar refractivity (Wildman–Crippen MR) is 90.9 cm³/mol. The summed E-state index contributed by atoms with van der Waals surface area (Å²) in [5.74, 6) is 0.525. The van der Waals surface area contributed by atoms with E-state index in [1.54, 1.807) is 0 Å². The number of non-ortho nitro benzene ring substituents is 1. The van der Waals surface area contributed by atoms with Crippen molar-refractivity contribution in [3.05, 3.63) is 43.3 Å². The first-order valence-corrected chi connectivity index (χ1v) is 7.86. The van der Waals surface area contributed by atoms with Crippen LogP contribution in [0.1, 0.15) is 20.8 Å². The monoisotopic (exact) mass is 420 g/mol. The summed E-state index contributed by atoms with van der Waals surface area (Å²) in [7, 11) is 0. The number of ether oxygens (including phenoxy) is 1. The summed E-state index contributed by atoms with van der Waals surface area (Å²) in [5.41, 5.74) is 0.897. The third kappa shape index (κ3) is 6.15. The number of nitro benzene ring substituents is 1. The Morgan fingerprint density at radius 1 is 1.38 bits per heavy atom. The van der Waals surface area contributed by atoms with Gasteiger partial charge in [0.15, 0.2) is 0 Å². The van der Waals surface area contributed by atoms with Gasteiger partial charge in [-0.15, -0.1) is 0 Å². The molecule has 21 heavy (non-hydrogen) atoms. The fourth-order valence-corrected chi connectivity index (χ4v) is 2.80. The van der Waals surface area contributed by atoms with Crippen molar-refractivity contribution < 1.29 is 9.66 Å². The van der Waals surface area contributed by atoms with Crippen LogP contribution >= 0.6 is 31.9 Å². The van der Waals surface area contributed by atoms with Crippen LogP contribution in [0.3, 0.4) is 0 Å². The van der Waals surface area contributed by atoms with Crippen molar-refractivity contribution in [1.82, 2.24) is 5.32 Å². The van der Waals surface area contributed by atoms with E-state index in [0.29, 0.717) is 27.8 Å². The molecule has 0 saturated heterocycles. The van der Waals surface area contributed by atoms with E-state index in [1.807, 2.05) is 0 Å². The van der Waals surface area contributed by atoms with Gasteiger partial charge < -0.3 is 10.1 Å². The van der Waals surface area contributed by atoms with Crippen LogP contribution in [0, 0.1) is 10.1 Å². The van der Waals surface area contributed by atoms with Crippen LogP contribution in [-0.2, 0) is 0 Å². The van der Waals surface area contributed by atoms with Gasteiger partial charge in [0.05, 0.1) is 13.9 Å². The van der Waals surface area contributed by atoms with Gasteiger partial charge in [0.2, 0.25) is 0 Å². The van der Waals surface area contributed by atoms with E-state index >= 15 is 0 Å². The van der Waals surface area contributed by atoms with E-state index in [-0.39, 0.29) is 11.2 Å². The van der Waals surface area contributed by atoms with E-state index in [4.69, 9.17) is 4.74 Å². The lowest BCUT2D eigenvalue weighted by atomic mass is 10.1. The zero-order valence-electron chi connectivity index (χ0n) is 12.2. The normalized spacial score (nSPS) is 11.3. The van der Waals surface area contributed by atoms with Crippen molar-refractivity contribution in [2.75, 3.05) is 13.2 Å². The first kappa shape index (κ1) is 18.1. The summed E-state index contributed by atoms with van der Waals surface area (Å²) in [6.07, 6.45) is 0. The molecule has 0 aromatic heterocycles. The summed E-state index contributed by atoms with van der Waals surface area (Å²) < 4.78 is 6.73. The van der Waals surface area contributed by atoms with Crippen molar-refractivity contribution in [3.8, 4) is 5.75 Å². The molecule has 0 unspecified atom stereocenters. The maximum atomic E-state index is 10.8. The standard InChI is InChI=1S/C14H18Br2N2O3/c1-9(7-17-14(2,3)4)8-21-13-11(15)5-10(18(19)20)6-12(13)16/h5-6,17H,1,7-8H2,2-4H3. The molecule has 0 amide bonds. The maximum absolute atomic E-state index is 10.8. The topological polar surface area (TPSA) is 64.4 Å². The highest BCUT2D eigenvalue weighted by atomic mass is 79.9. The molecular formula is C14H18Br2N2O3. The predicted octanol–water partition coefficient (Wildman–Crippen LogP) is 4.44. The largest absolute Gasteiger partial charge is 0.487 e. The summed E-state index contributed by atoms with van der Waals surface area (Å²) in [6, 6.07) is 2.83. The van der Waals surface area contributed by atoms with Gasteiger partial charge in [-0.3, -0.25) is 10.1 Å². The van der Waals surface area contributed by atoms with Crippen LogP contribution in [0.2, 0.25) is 0 Å². The van der Waals surface area contributed by atoms with E-state index in [9.17, 15) is 10.1 Å². The average molecular weight is 422 g/mol. The molecule has 0 fully saturated rings. The Morgan fingerprint density at radius 3 is 2.33 bits per heavy atom. The van der Waals surface area contributed by atoms with E-state index in [0.717, 1.165) is 5.57 Å². The first-order chi connectivity index (χ1) is 9.60. The van der Waals surface area contributed by atoms with Gasteiger partial charge in [0.1, 0.15) is 12.4 Å². The molecule has 1 aromatic rings. The van der Waals surface area contributed by atoms with Gasteiger partial charge >= 0.3 is 0 Å². The van der Waals surface area contributed by atoms with Gasteiger partial charge in [-0.1, -0.05) is 6.58 Å². The lowest BCUT2D eigenvalue weighted by Crippen LogP contribution is -2.37. The summed E-state index contributed by atoms with van der Waals surface area (Å²) in [6.45, 7) is 11.1. The van der Waals surface area contributed by atoms with Crippen molar-refractivity contribution in [2.45, 2.75) is 26.3 Å². The Balaban J connectivity index is 2.68. The van der Waals surface area contributed by atoms with Gasteiger partial charge in [0.25, 0.3) is 5.69 Å². The van der Waals surface area contributed by atoms with Crippen molar-refractivity contribution >= 4 is 37.5 Å². The molecule has 5 nitrogen and oxygen atoms in total. The third-order valence-electron chi connectivity index (χ3n) is 2.48. The first-order valence-electron chi connectivity index (χ1n) is 6.28.